The third-order valence-corrected chi connectivity index (χ3v) is 4.27. The van der Waals surface area contributed by atoms with Gasteiger partial charge in [0.15, 0.2) is 0 Å². The minimum atomic E-state index is -0.524. The number of aryl methyl sites for hydroxylation is 3. The van der Waals surface area contributed by atoms with E-state index in [1.165, 1.54) is 0 Å². The molecule has 1 aromatic carbocycles. The van der Waals surface area contributed by atoms with Crippen LogP contribution in [0.3, 0.4) is 0 Å². The second-order valence-corrected chi connectivity index (χ2v) is 6.80. The summed E-state index contributed by atoms with van der Waals surface area (Å²) in [5.41, 5.74) is 3.24. The lowest BCUT2D eigenvalue weighted by Gasteiger charge is -2.21. The van der Waals surface area contributed by atoms with Crippen molar-refractivity contribution < 1.29 is 9.84 Å². The highest BCUT2D eigenvalue weighted by Crippen LogP contribution is 2.22. The highest BCUT2D eigenvalue weighted by molar-refractivity contribution is 7.09. The molecule has 0 radical (unpaired) electrons. The first-order valence-corrected chi connectivity index (χ1v) is 8.30. The van der Waals surface area contributed by atoms with Gasteiger partial charge in [0.25, 0.3) is 0 Å². The molecule has 0 bridgehead atoms. The van der Waals surface area contributed by atoms with Crippen LogP contribution >= 0.6 is 11.3 Å². The third-order valence-electron chi connectivity index (χ3n) is 3.45. The molecule has 0 aliphatic heterocycles. The number of benzene rings is 1. The van der Waals surface area contributed by atoms with Gasteiger partial charge in [0.1, 0.15) is 18.5 Å². The molecule has 2 rings (SSSR count). The van der Waals surface area contributed by atoms with Gasteiger partial charge >= 0.3 is 0 Å². The molecule has 0 saturated heterocycles. The van der Waals surface area contributed by atoms with Crippen molar-refractivity contribution in [3.8, 4) is 5.75 Å². The Bertz CT molecular complexity index is 592. The topological polar surface area (TPSA) is 45.6 Å². The molecular weight excluding hydrogens is 296 g/mol. The van der Waals surface area contributed by atoms with E-state index in [9.17, 15) is 5.11 Å². The molecule has 1 atom stereocenters. The fourth-order valence-electron chi connectivity index (χ4n) is 2.44. The Morgan fingerprint density at radius 3 is 2.55 bits per heavy atom. The summed E-state index contributed by atoms with van der Waals surface area (Å²) in [6.07, 6.45) is -0.524. The highest BCUT2D eigenvalue weighted by Gasteiger charge is 2.12. The zero-order chi connectivity index (χ0) is 16.1. The molecule has 120 valence electrons. The molecule has 1 heterocycles. The Morgan fingerprint density at radius 1 is 1.27 bits per heavy atom. The predicted molar refractivity (Wildman–Crippen MR) is 90.6 cm³/mol. The Balaban J connectivity index is 1.81. The molecule has 0 aliphatic rings. The molecule has 22 heavy (non-hydrogen) atoms. The van der Waals surface area contributed by atoms with Crippen molar-refractivity contribution in [2.24, 2.45) is 0 Å². The number of rotatable bonds is 7. The summed E-state index contributed by atoms with van der Waals surface area (Å²) in [5.74, 6) is 0.874. The summed E-state index contributed by atoms with van der Waals surface area (Å²) in [6.45, 7) is 7.64. The molecule has 5 heteroatoms. The molecular formula is C17H24N2O2S. The van der Waals surface area contributed by atoms with E-state index in [2.05, 4.69) is 15.3 Å². The Kier molecular flexibility index (Phi) is 5.94. The lowest BCUT2D eigenvalue weighted by atomic mass is 10.1. The quantitative estimate of drug-likeness (QED) is 0.852. The number of hydrogen-bond donors (Lipinski definition) is 1. The average molecular weight is 320 g/mol. The van der Waals surface area contributed by atoms with Crippen molar-refractivity contribution in [2.75, 3.05) is 20.2 Å². The van der Waals surface area contributed by atoms with Gasteiger partial charge < -0.3 is 9.84 Å². The largest absolute Gasteiger partial charge is 0.490 e. The average Bonchev–Trinajstić information content (AvgIpc) is 2.83. The fraction of sp³-hybridized carbons (Fsp3) is 0.471. The van der Waals surface area contributed by atoms with Crippen LogP contribution in [0.2, 0.25) is 0 Å². The van der Waals surface area contributed by atoms with E-state index in [1.54, 1.807) is 11.3 Å². The van der Waals surface area contributed by atoms with Gasteiger partial charge in [0.05, 0.1) is 10.7 Å². The van der Waals surface area contributed by atoms with Gasteiger partial charge in [-0.3, -0.25) is 4.90 Å². The van der Waals surface area contributed by atoms with Crippen LogP contribution in [0.5, 0.6) is 5.75 Å². The van der Waals surface area contributed by atoms with Gasteiger partial charge in [0.2, 0.25) is 0 Å². The van der Waals surface area contributed by atoms with Gasteiger partial charge in [-0.25, -0.2) is 4.98 Å². The number of aromatic nitrogens is 1. The summed E-state index contributed by atoms with van der Waals surface area (Å²) in [5, 5.41) is 13.3. The van der Waals surface area contributed by atoms with E-state index in [0.717, 1.165) is 34.1 Å². The van der Waals surface area contributed by atoms with E-state index in [-0.39, 0.29) is 0 Å². The summed E-state index contributed by atoms with van der Waals surface area (Å²) < 4.78 is 5.79. The number of thiazole rings is 1. The molecule has 0 spiro atoms. The van der Waals surface area contributed by atoms with Crippen molar-refractivity contribution >= 4 is 11.3 Å². The highest BCUT2D eigenvalue weighted by atomic mass is 32.1. The summed E-state index contributed by atoms with van der Waals surface area (Å²) in [4.78, 5) is 6.50. The Labute approximate surface area is 136 Å². The van der Waals surface area contributed by atoms with Crippen LogP contribution < -0.4 is 4.74 Å². The van der Waals surface area contributed by atoms with Crippen molar-refractivity contribution in [1.82, 2.24) is 9.88 Å². The van der Waals surface area contributed by atoms with Crippen LogP contribution in [-0.2, 0) is 6.54 Å². The standard InChI is InChI=1S/C17H24N2O2S/c1-12-6-5-7-13(2)17(12)21-10-16(20)9-19(4)8-15-11-22-14(3)18-15/h5-7,11,16,20H,8-10H2,1-4H3. The number of para-hydroxylation sites is 1. The smallest absolute Gasteiger partial charge is 0.125 e. The molecule has 4 nitrogen and oxygen atoms in total. The van der Waals surface area contributed by atoms with Gasteiger partial charge in [-0.15, -0.1) is 11.3 Å². The number of hydrogen-bond acceptors (Lipinski definition) is 5. The van der Waals surface area contributed by atoms with Gasteiger partial charge in [-0.05, 0) is 38.9 Å². The van der Waals surface area contributed by atoms with E-state index in [4.69, 9.17) is 4.74 Å². The van der Waals surface area contributed by atoms with E-state index in [0.29, 0.717) is 13.2 Å². The third kappa shape index (κ3) is 4.80. The van der Waals surface area contributed by atoms with Crippen LogP contribution in [0.25, 0.3) is 0 Å². The zero-order valence-electron chi connectivity index (χ0n) is 13.7. The summed E-state index contributed by atoms with van der Waals surface area (Å²) in [6, 6.07) is 6.05. The van der Waals surface area contributed by atoms with Crippen molar-refractivity contribution in [3.05, 3.63) is 45.4 Å². The molecule has 0 fully saturated rings. The van der Waals surface area contributed by atoms with Gasteiger partial charge in [-0.1, -0.05) is 18.2 Å². The first-order chi connectivity index (χ1) is 10.5. The Morgan fingerprint density at radius 2 is 1.95 bits per heavy atom. The summed E-state index contributed by atoms with van der Waals surface area (Å²) >= 11 is 1.65. The number of aliphatic hydroxyl groups excluding tert-OH is 1. The lowest BCUT2D eigenvalue weighted by molar-refractivity contribution is 0.0736. The fourth-order valence-corrected chi connectivity index (χ4v) is 3.04. The van der Waals surface area contributed by atoms with Crippen LogP contribution in [0.15, 0.2) is 23.6 Å². The van der Waals surface area contributed by atoms with E-state index in [1.807, 2.05) is 46.0 Å². The predicted octanol–water partition coefficient (Wildman–Crippen LogP) is 2.94. The Hall–Kier alpha value is -1.43. The lowest BCUT2D eigenvalue weighted by Crippen LogP contribution is -2.33. The second kappa shape index (κ2) is 7.72. The summed E-state index contributed by atoms with van der Waals surface area (Å²) in [7, 11) is 1.98. The van der Waals surface area contributed by atoms with Crippen molar-refractivity contribution in [1.29, 1.82) is 0 Å². The number of aliphatic hydroxyl groups is 1. The SMILES string of the molecule is Cc1nc(CN(C)CC(O)COc2c(C)cccc2C)cs1. The number of ether oxygens (including phenoxy) is 1. The maximum Gasteiger partial charge on any atom is 0.125 e. The maximum atomic E-state index is 10.2. The van der Waals surface area contributed by atoms with Crippen molar-refractivity contribution in [2.45, 2.75) is 33.4 Å². The van der Waals surface area contributed by atoms with Crippen LogP contribution in [0.4, 0.5) is 0 Å². The van der Waals surface area contributed by atoms with E-state index < -0.39 is 6.10 Å². The molecule has 0 aliphatic carbocycles. The van der Waals surface area contributed by atoms with E-state index >= 15 is 0 Å². The molecule has 2 aromatic rings. The van der Waals surface area contributed by atoms with Gasteiger partial charge in [-0.2, -0.15) is 0 Å². The molecule has 0 saturated carbocycles. The second-order valence-electron chi connectivity index (χ2n) is 5.74. The van der Waals surface area contributed by atoms with Crippen molar-refractivity contribution in [3.63, 3.8) is 0 Å². The molecule has 0 amide bonds. The first-order valence-electron chi connectivity index (χ1n) is 7.42. The van der Waals surface area contributed by atoms with Crippen LogP contribution in [0, 0.1) is 20.8 Å². The molecule has 1 unspecified atom stereocenters. The minimum absolute atomic E-state index is 0.298. The number of nitrogens with zero attached hydrogens (tertiary/aromatic N) is 2. The van der Waals surface area contributed by atoms with Crippen LogP contribution in [0.1, 0.15) is 21.8 Å². The minimum Gasteiger partial charge on any atom is -0.490 e. The maximum absolute atomic E-state index is 10.2. The number of likely N-dealkylation sites (N-methyl/N-ethyl adjacent to an activating group) is 1. The zero-order valence-corrected chi connectivity index (χ0v) is 14.5. The first kappa shape index (κ1) is 16.9. The normalized spacial score (nSPS) is 12.6. The monoisotopic (exact) mass is 320 g/mol. The molecule has 1 aromatic heterocycles. The molecule has 1 N–H and O–H groups in total. The van der Waals surface area contributed by atoms with Gasteiger partial charge in [0, 0.05) is 18.5 Å². The van der Waals surface area contributed by atoms with Crippen LogP contribution in [-0.4, -0.2) is 41.3 Å².